The van der Waals surface area contributed by atoms with Gasteiger partial charge in [-0.2, -0.15) is 0 Å². The number of nitrogens with zero attached hydrogens (tertiary/aromatic N) is 1. The maximum Gasteiger partial charge on any atom is 0.226 e. The molecule has 1 aliphatic rings. The van der Waals surface area contributed by atoms with Crippen LogP contribution in [0.1, 0.15) is 18.4 Å². The summed E-state index contributed by atoms with van der Waals surface area (Å²) in [6.45, 7) is 1.32. The Hall–Kier alpha value is -2.04. The van der Waals surface area contributed by atoms with Crippen LogP contribution in [0.3, 0.4) is 0 Å². The Morgan fingerprint density at radius 2 is 1.86 bits per heavy atom. The summed E-state index contributed by atoms with van der Waals surface area (Å²) in [6.07, 6.45) is 1.89. The van der Waals surface area contributed by atoms with Crippen LogP contribution in [0.15, 0.2) is 24.3 Å². The van der Waals surface area contributed by atoms with Gasteiger partial charge in [-0.3, -0.25) is 9.59 Å². The first-order valence-electron chi connectivity index (χ1n) is 7.26. The lowest BCUT2D eigenvalue weighted by atomic mass is 9.95. The van der Waals surface area contributed by atoms with Crippen molar-refractivity contribution in [2.45, 2.75) is 19.3 Å². The van der Waals surface area contributed by atoms with E-state index in [0.29, 0.717) is 19.5 Å². The monoisotopic (exact) mass is 290 g/mol. The molecular formula is C16H22N2O3. The van der Waals surface area contributed by atoms with Crippen molar-refractivity contribution in [3.05, 3.63) is 29.8 Å². The van der Waals surface area contributed by atoms with Crippen molar-refractivity contribution >= 4 is 11.8 Å². The van der Waals surface area contributed by atoms with Gasteiger partial charge >= 0.3 is 0 Å². The Labute approximate surface area is 125 Å². The summed E-state index contributed by atoms with van der Waals surface area (Å²) in [6, 6.07) is 7.54. The van der Waals surface area contributed by atoms with Gasteiger partial charge in [-0.1, -0.05) is 12.1 Å². The number of rotatable bonds is 4. The van der Waals surface area contributed by atoms with Gasteiger partial charge in [0.2, 0.25) is 11.8 Å². The van der Waals surface area contributed by atoms with Crippen LogP contribution >= 0.6 is 0 Å². The van der Waals surface area contributed by atoms with Crippen molar-refractivity contribution in [3.8, 4) is 5.75 Å². The minimum atomic E-state index is 0.0417. The van der Waals surface area contributed by atoms with Crippen molar-refractivity contribution in [1.82, 2.24) is 10.2 Å². The smallest absolute Gasteiger partial charge is 0.226 e. The lowest BCUT2D eigenvalue weighted by Gasteiger charge is -2.31. The molecule has 1 saturated heterocycles. The van der Waals surface area contributed by atoms with E-state index in [4.69, 9.17) is 4.74 Å². The van der Waals surface area contributed by atoms with Gasteiger partial charge in [0, 0.05) is 26.1 Å². The fourth-order valence-electron chi connectivity index (χ4n) is 2.63. The van der Waals surface area contributed by atoms with Gasteiger partial charge in [-0.15, -0.1) is 0 Å². The van der Waals surface area contributed by atoms with E-state index in [2.05, 4.69) is 5.32 Å². The minimum absolute atomic E-state index is 0.0417. The molecule has 1 aliphatic heterocycles. The van der Waals surface area contributed by atoms with Crippen LogP contribution in [0.5, 0.6) is 5.75 Å². The third kappa shape index (κ3) is 3.97. The second-order valence-electron chi connectivity index (χ2n) is 5.29. The number of piperidine rings is 1. The van der Waals surface area contributed by atoms with Crippen LogP contribution in [0.4, 0.5) is 0 Å². The molecule has 0 aromatic heterocycles. The number of likely N-dealkylation sites (tertiary alicyclic amines) is 1. The normalized spacial score (nSPS) is 15.6. The lowest BCUT2D eigenvalue weighted by molar-refractivity contribution is -0.134. The molecule has 1 heterocycles. The summed E-state index contributed by atoms with van der Waals surface area (Å²) in [4.78, 5) is 25.7. The van der Waals surface area contributed by atoms with Crippen molar-refractivity contribution in [1.29, 1.82) is 0 Å². The molecule has 2 amide bonds. The number of hydrogen-bond acceptors (Lipinski definition) is 3. The van der Waals surface area contributed by atoms with Crippen LogP contribution in [-0.4, -0.2) is 44.0 Å². The topological polar surface area (TPSA) is 58.6 Å². The second-order valence-corrected chi connectivity index (χ2v) is 5.29. The molecule has 5 heteroatoms. The minimum Gasteiger partial charge on any atom is -0.497 e. The lowest BCUT2D eigenvalue weighted by Crippen LogP contribution is -2.42. The summed E-state index contributed by atoms with van der Waals surface area (Å²) in [5, 5.41) is 2.68. The highest BCUT2D eigenvalue weighted by Crippen LogP contribution is 2.19. The highest BCUT2D eigenvalue weighted by Gasteiger charge is 2.26. The third-order valence-electron chi connectivity index (χ3n) is 3.98. The second kappa shape index (κ2) is 7.11. The summed E-state index contributed by atoms with van der Waals surface area (Å²) in [7, 11) is 3.28. The van der Waals surface area contributed by atoms with Crippen molar-refractivity contribution in [2.24, 2.45) is 5.92 Å². The molecule has 1 fully saturated rings. The van der Waals surface area contributed by atoms with E-state index in [1.54, 1.807) is 14.2 Å². The van der Waals surface area contributed by atoms with Crippen LogP contribution in [-0.2, 0) is 16.0 Å². The van der Waals surface area contributed by atoms with Crippen molar-refractivity contribution in [2.75, 3.05) is 27.2 Å². The van der Waals surface area contributed by atoms with E-state index < -0.39 is 0 Å². The molecule has 0 bridgehead atoms. The Balaban J connectivity index is 1.85. The van der Waals surface area contributed by atoms with Gasteiger partial charge in [-0.25, -0.2) is 0 Å². The van der Waals surface area contributed by atoms with E-state index in [-0.39, 0.29) is 17.7 Å². The van der Waals surface area contributed by atoms with Gasteiger partial charge in [-0.05, 0) is 30.5 Å². The Morgan fingerprint density at radius 3 is 2.38 bits per heavy atom. The van der Waals surface area contributed by atoms with Gasteiger partial charge < -0.3 is 15.0 Å². The number of nitrogens with one attached hydrogen (secondary N) is 1. The molecule has 0 unspecified atom stereocenters. The van der Waals surface area contributed by atoms with E-state index in [9.17, 15) is 9.59 Å². The van der Waals surface area contributed by atoms with Gasteiger partial charge in [0.25, 0.3) is 0 Å². The van der Waals surface area contributed by atoms with E-state index in [1.807, 2.05) is 29.2 Å². The first-order valence-corrected chi connectivity index (χ1v) is 7.26. The summed E-state index contributed by atoms with van der Waals surface area (Å²) < 4.78 is 5.10. The molecule has 0 radical (unpaired) electrons. The van der Waals surface area contributed by atoms with E-state index in [0.717, 1.165) is 24.2 Å². The average Bonchev–Trinajstić information content (AvgIpc) is 2.55. The van der Waals surface area contributed by atoms with Crippen molar-refractivity contribution < 1.29 is 14.3 Å². The van der Waals surface area contributed by atoms with E-state index >= 15 is 0 Å². The number of ether oxygens (including phenoxy) is 1. The van der Waals surface area contributed by atoms with Gasteiger partial charge in [0.05, 0.1) is 13.5 Å². The molecule has 0 aliphatic carbocycles. The molecule has 0 spiro atoms. The molecular weight excluding hydrogens is 268 g/mol. The first-order chi connectivity index (χ1) is 10.1. The zero-order chi connectivity index (χ0) is 15.2. The predicted octanol–water partition coefficient (Wildman–Crippen LogP) is 1.22. The number of benzene rings is 1. The number of hydrogen-bond donors (Lipinski definition) is 1. The fraction of sp³-hybridized carbons (Fsp3) is 0.500. The highest BCUT2D eigenvalue weighted by molar-refractivity contribution is 5.80. The van der Waals surface area contributed by atoms with Gasteiger partial charge in [0.15, 0.2) is 0 Å². The van der Waals surface area contributed by atoms with Crippen LogP contribution < -0.4 is 10.1 Å². The predicted molar refractivity (Wildman–Crippen MR) is 80.1 cm³/mol. The molecule has 1 aromatic carbocycles. The molecule has 0 atom stereocenters. The first kappa shape index (κ1) is 15.4. The molecule has 1 N–H and O–H groups in total. The maximum atomic E-state index is 12.3. The van der Waals surface area contributed by atoms with E-state index in [1.165, 1.54) is 0 Å². The molecule has 0 saturated carbocycles. The largest absolute Gasteiger partial charge is 0.497 e. The number of carbonyl (C=O) groups is 2. The molecule has 2 rings (SSSR count). The average molecular weight is 290 g/mol. The van der Waals surface area contributed by atoms with Crippen LogP contribution in [0.25, 0.3) is 0 Å². The molecule has 21 heavy (non-hydrogen) atoms. The standard InChI is InChI=1S/C16H22N2O3/c1-17-16(20)13-7-9-18(10-8-13)15(19)11-12-3-5-14(21-2)6-4-12/h3-6,13H,7-11H2,1-2H3,(H,17,20). The molecule has 114 valence electrons. The Kier molecular flexibility index (Phi) is 5.20. The maximum absolute atomic E-state index is 12.3. The number of methoxy groups -OCH3 is 1. The Morgan fingerprint density at radius 1 is 1.24 bits per heavy atom. The summed E-state index contributed by atoms with van der Waals surface area (Å²) in [5.41, 5.74) is 0.981. The fourth-order valence-corrected chi connectivity index (χ4v) is 2.63. The SMILES string of the molecule is CNC(=O)C1CCN(C(=O)Cc2ccc(OC)cc2)CC1. The number of carbonyl (C=O) groups excluding carboxylic acids is 2. The third-order valence-corrected chi connectivity index (χ3v) is 3.98. The highest BCUT2D eigenvalue weighted by atomic mass is 16.5. The van der Waals surface area contributed by atoms with Crippen LogP contribution in [0, 0.1) is 5.92 Å². The number of amides is 2. The molecule has 1 aromatic rings. The Bertz CT molecular complexity index is 491. The summed E-state index contributed by atoms with van der Waals surface area (Å²) in [5.74, 6) is 1.03. The van der Waals surface area contributed by atoms with Gasteiger partial charge in [0.1, 0.15) is 5.75 Å². The zero-order valence-corrected chi connectivity index (χ0v) is 12.6. The quantitative estimate of drug-likeness (QED) is 0.907. The van der Waals surface area contributed by atoms with Crippen molar-refractivity contribution in [3.63, 3.8) is 0 Å². The summed E-state index contributed by atoms with van der Waals surface area (Å²) >= 11 is 0. The van der Waals surface area contributed by atoms with Crippen LogP contribution in [0.2, 0.25) is 0 Å². The molecule has 5 nitrogen and oxygen atoms in total. The zero-order valence-electron chi connectivity index (χ0n) is 12.6.